The smallest absolute Gasteiger partial charge is 0.441 e. The summed E-state index contributed by atoms with van der Waals surface area (Å²) in [6.07, 6.45) is 1.07. The van der Waals surface area contributed by atoms with Gasteiger partial charge in [0.15, 0.2) is 5.43 Å². The maximum Gasteiger partial charge on any atom is 0.441 e. The van der Waals surface area contributed by atoms with E-state index in [1.54, 1.807) is 0 Å². The van der Waals surface area contributed by atoms with Gasteiger partial charge in [-0.15, -0.1) is 0 Å². The van der Waals surface area contributed by atoms with Crippen molar-refractivity contribution in [3.8, 4) is 0 Å². The minimum Gasteiger partial charge on any atom is -0.477 e. The van der Waals surface area contributed by atoms with Gasteiger partial charge < -0.3 is 9.67 Å². The fourth-order valence-corrected chi connectivity index (χ4v) is 1.85. The van der Waals surface area contributed by atoms with Gasteiger partial charge in [-0.25, -0.2) is 4.79 Å². The molecule has 0 aliphatic heterocycles. The van der Waals surface area contributed by atoms with Crippen LogP contribution in [0.4, 0.5) is 13.2 Å². The van der Waals surface area contributed by atoms with E-state index in [-0.39, 0.29) is 24.1 Å². The molecule has 4 nitrogen and oxygen atoms in total. The van der Waals surface area contributed by atoms with Gasteiger partial charge in [-0.05, 0) is 18.7 Å². The number of carboxylic acids is 1. The summed E-state index contributed by atoms with van der Waals surface area (Å²) in [5, 5.41) is 8.74. The van der Waals surface area contributed by atoms with Gasteiger partial charge in [0.25, 0.3) is 0 Å². The first-order valence-electron chi connectivity index (χ1n) is 4.86. The molecule has 0 saturated heterocycles. The number of aromatic nitrogens is 1. The normalized spacial score (nSPS) is 11.6. The van der Waals surface area contributed by atoms with Gasteiger partial charge >= 0.3 is 11.5 Å². The maximum atomic E-state index is 11.9. The molecule has 0 fully saturated rings. The fraction of sp³-hybridized carbons (Fsp3) is 0.400. The van der Waals surface area contributed by atoms with E-state index in [9.17, 15) is 22.8 Å². The Morgan fingerprint density at radius 1 is 1.50 bits per heavy atom. The van der Waals surface area contributed by atoms with Gasteiger partial charge in [0.05, 0.1) is 0 Å². The Morgan fingerprint density at radius 3 is 2.61 bits per heavy atom. The summed E-state index contributed by atoms with van der Waals surface area (Å²) in [6.45, 7) is 1.52. The molecule has 0 unspecified atom stereocenters. The van der Waals surface area contributed by atoms with Crippen LogP contribution in [0.1, 0.15) is 16.1 Å². The molecule has 0 aliphatic carbocycles. The molecule has 0 bridgehead atoms. The quantitative estimate of drug-likeness (QED) is 0.918. The van der Waals surface area contributed by atoms with E-state index in [4.69, 9.17) is 5.11 Å². The third-order valence-electron chi connectivity index (χ3n) is 2.17. The number of pyridine rings is 1. The molecule has 0 atom stereocenters. The SMILES string of the molecule is Cc1cc(=O)c(C(=O)O)cn1CCSC(F)(F)F. The second-order valence-electron chi connectivity index (χ2n) is 3.49. The molecule has 1 N–H and O–H groups in total. The van der Waals surface area contributed by atoms with Crippen LogP contribution in [0.3, 0.4) is 0 Å². The number of nitrogens with zero attached hydrogens (tertiary/aromatic N) is 1. The zero-order valence-corrected chi connectivity index (χ0v) is 10.1. The van der Waals surface area contributed by atoms with Crippen LogP contribution >= 0.6 is 11.8 Å². The number of carboxylic acid groups (broad SMARTS) is 1. The molecule has 1 rings (SSSR count). The molecule has 18 heavy (non-hydrogen) atoms. The number of thioether (sulfide) groups is 1. The number of hydrogen-bond donors (Lipinski definition) is 1. The Bertz CT molecular complexity index is 510. The van der Waals surface area contributed by atoms with E-state index in [0.29, 0.717) is 5.69 Å². The summed E-state index contributed by atoms with van der Waals surface area (Å²) < 4.78 is 37.1. The van der Waals surface area contributed by atoms with Crippen LogP contribution in [0.2, 0.25) is 0 Å². The lowest BCUT2D eigenvalue weighted by atomic mass is 10.2. The largest absolute Gasteiger partial charge is 0.477 e. The van der Waals surface area contributed by atoms with Crippen molar-refractivity contribution in [2.24, 2.45) is 0 Å². The minimum atomic E-state index is -4.32. The molecular formula is C10H10F3NO3S. The summed E-state index contributed by atoms with van der Waals surface area (Å²) in [5.41, 5.74) is -4.99. The Hall–Kier alpha value is -1.44. The van der Waals surface area contributed by atoms with E-state index in [2.05, 4.69) is 0 Å². The van der Waals surface area contributed by atoms with Crippen LogP contribution in [0.15, 0.2) is 17.1 Å². The molecule has 0 saturated carbocycles. The van der Waals surface area contributed by atoms with Gasteiger partial charge in [-0.2, -0.15) is 13.2 Å². The highest BCUT2D eigenvalue weighted by Gasteiger charge is 2.27. The van der Waals surface area contributed by atoms with E-state index in [0.717, 1.165) is 12.3 Å². The molecule has 1 aromatic rings. The second-order valence-corrected chi connectivity index (χ2v) is 4.65. The Balaban J connectivity index is 2.86. The average molecular weight is 281 g/mol. The first kappa shape index (κ1) is 14.6. The Kier molecular flexibility index (Phi) is 4.44. The summed E-state index contributed by atoms with van der Waals surface area (Å²) in [5.74, 6) is -1.64. The van der Waals surface area contributed by atoms with Crippen molar-refractivity contribution < 1.29 is 23.1 Å². The Morgan fingerprint density at radius 2 is 2.11 bits per heavy atom. The molecule has 1 aromatic heterocycles. The third-order valence-corrected chi connectivity index (χ3v) is 2.89. The van der Waals surface area contributed by atoms with Crippen LogP contribution in [0.25, 0.3) is 0 Å². The average Bonchev–Trinajstić information content (AvgIpc) is 2.18. The summed E-state index contributed by atoms with van der Waals surface area (Å²) in [7, 11) is 0. The summed E-state index contributed by atoms with van der Waals surface area (Å²) in [6, 6.07) is 1.10. The lowest BCUT2D eigenvalue weighted by molar-refractivity contribution is -0.0328. The number of aryl methyl sites for hydroxylation is 2. The van der Waals surface area contributed by atoms with Gasteiger partial charge in [0, 0.05) is 30.3 Å². The lowest BCUT2D eigenvalue weighted by Gasteiger charge is -2.12. The molecule has 8 heteroatoms. The standard InChI is InChI=1S/C10H10F3NO3S/c1-6-4-8(15)7(9(16)17)5-14(6)2-3-18-10(11,12)13/h4-5H,2-3H2,1H3,(H,16,17). The molecule has 0 aliphatic rings. The van der Waals surface area contributed by atoms with Crippen molar-refractivity contribution in [3.63, 3.8) is 0 Å². The topological polar surface area (TPSA) is 59.3 Å². The van der Waals surface area contributed by atoms with Crippen LogP contribution in [0.5, 0.6) is 0 Å². The molecule has 100 valence electrons. The van der Waals surface area contributed by atoms with Gasteiger partial charge in [-0.3, -0.25) is 4.79 Å². The third kappa shape index (κ3) is 4.10. The van der Waals surface area contributed by atoms with Gasteiger partial charge in [0.2, 0.25) is 0 Å². The molecule has 0 amide bonds. The highest BCUT2D eigenvalue weighted by Crippen LogP contribution is 2.30. The van der Waals surface area contributed by atoms with E-state index >= 15 is 0 Å². The number of aromatic carboxylic acids is 1. The molecule has 0 aromatic carbocycles. The predicted molar refractivity (Wildman–Crippen MR) is 60.9 cm³/mol. The van der Waals surface area contributed by atoms with Crippen molar-refractivity contribution >= 4 is 17.7 Å². The summed E-state index contributed by atoms with van der Waals surface area (Å²) in [4.78, 5) is 22.0. The number of carbonyl (C=O) groups is 1. The molecule has 1 heterocycles. The van der Waals surface area contributed by atoms with E-state index < -0.39 is 22.5 Å². The van der Waals surface area contributed by atoms with Crippen molar-refractivity contribution in [3.05, 3.63) is 33.7 Å². The van der Waals surface area contributed by atoms with Crippen molar-refractivity contribution in [1.82, 2.24) is 4.57 Å². The first-order valence-corrected chi connectivity index (χ1v) is 5.84. The van der Waals surface area contributed by atoms with Gasteiger partial charge in [0.1, 0.15) is 5.56 Å². The number of rotatable bonds is 4. The lowest BCUT2D eigenvalue weighted by Crippen LogP contribution is -2.19. The van der Waals surface area contributed by atoms with Crippen molar-refractivity contribution in [1.29, 1.82) is 0 Å². The zero-order valence-electron chi connectivity index (χ0n) is 9.32. The Labute approximate surface area is 104 Å². The number of halogens is 3. The minimum absolute atomic E-state index is 0.0173. The monoisotopic (exact) mass is 281 g/mol. The molecular weight excluding hydrogens is 271 g/mol. The predicted octanol–water partition coefficient (Wildman–Crippen LogP) is 2.11. The zero-order chi connectivity index (χ0) is 13.9. The molecule has 0 spiro atoms. The fourth-order valence-electron chi connectivity index (χ4n) is 1.33. The highest BCUT2D eigenvalue weighted by atomic mass is 32.2. The highest BCUT2D eigenvalue weighted by molar-refractivity contribution is 8.00. The van der Waals surface area contributed by atoms with Gasteiger partial charge in [-0.1, -0.05) is 0 Å². The first-order chi connectivity index (χ1) is 8.20. The number of alkyl halides is 3. The molecule has 0 radical (unpaired) electrons. The second kappa shape index (κ2) is 5.47. The number of hydrogen-bond acceptors (Lipinski definition) is 3. The van der Waals surface area contributed by atoms with Crippen molar-refractivity contribution in [2.45, 2.75) is 19.0 Å². The van der Waals surface area contributed by atoms with E-state index in [1.165, 1.54) is 11.5 Å². The maximum absolute atomic E-state index is 11.9. The van der Waals surface area contributed by atoms with Crippen molar-refractivity contribution in [2.75, 3.05) is 5.75 Å². The van der Waals surface area contributed by atoms with Crippen LogP contribution in [0, 0.1) is 6.92 Å². The van der Waals surface area contributed by atoms with E-state index in [1.807, 2.05) is 0 Å². The van der Waals surface area contributed by atoms with Crippen LogP contribution in [-0.4, -0.2) is 26.9 Å². The van der Waals surface area contributed by atoms with Crippen LogP contribution in [-0.2, 0) is 6.54 Å². The summed E-state index contributed by atoms with van der Waals surface area (Å²) >= 11 is -0.191. The van der Waals surface area contributed by atoms with Crippen LogP contribution < -0.4 is 5.43 Å².